The number of unbranched alkanes of at least 4 members (excludes halogenated alkanes) is 1. The fourth-order valence-electron chi connectivity index (χ4n) is 1.18. The summed E-state index contributed by atoms with van der Waals surface area (Å²) in [6.45, 7) is 4.02. The topological polar surface area (TPSA) is 3.24 Å². The molecule has 0 aliphatic heterocycles. The predicted molar refractivity (Wildman–Crippen MR) is 59.1 cm³/mol. The Balaban J connectivity index is 0.00000169. The van der Waals surface area contributed by atoms with Gasteiger partial charge in [-0.05, 0) is 19.5 Å². The summed E-state index contributed by atoms with van der Waals surface area (Å²) in [5.41, 5.74) is 0. The van der Waals surface area contributed by atoms with Crippen LogP contribution in [0.3, 0.4) is 0 Å². The molecule has 0 aliphatic rings. The summed E-state index contributed by atoms with van der Waals surface area (Å²) in [6.07, 6.45) is 3.58. The van der Waals surface area contributed by atoms with Gasteiger partial charge in [-0.1, -0.05) is 19.8 Å². The van der Waals surface area contributed by atoms with E-state index in [1.54, 1.807) is 11.3 Å². The molecule has 0 saturated heterocycles. The summed E-state index contributed by atoms with van der Waals surface area (Å²) in [5, 5.41) is 3.10. The Morgan fingerprint density at radius 2 is 2.29 bits per heavy atom. The summed E-state index contributed by atoms with van der Waals surface area (Å²) in [6, 6.07) is 4.13. The Morgan fingerprint density at radius 3 is 2.86 bits per heavy atom. The summed E-state index contributed by atoms with van der Waals surface area (Å²) < 4.78 is 0. The third kappa shape index (κ3) is 6.34. The van der Waals surface area contributed by atoms with Gasteiger partial charge in [0.1, 0.15) is 0 Å². The van der Waals surface area contributed by atoms with Crippen LogP contribution >= 0.6 is 11.3 Å². The minimum absolute atomic E-state index is 0. The van der Waals surface area contributed by atoms with E-state index in [1.165, 1.54) is 24.1 Å². The molecule has 1 aromatic rings. The molecular weight excluding hydrogens is 266 g/mol. The van der Waals surface area contributed by atoms with Crippen molar-refractivity contribution >= 4 is 19.3 Å². The largest absolute Gasteiger partial charge is 0.354 e. The van der Waals surface area contributed by atoms with Crippen molar-refractivity contribution in [2.24, 2.45) is 0 Å². The van der Waals surface area contributed by atoms with E-state index in [0.29, 0.717) is 0 Å². The van der Waals surface area contributed by atoms with E-state index in [1.807, 2.05) is 10.9 Å². The number of nitrogens with zero attached hydrogens (tertiary/aromatic N) is 1. The van der Waals surface area contributed by atoms with Gasteiger partial charge in [-0.15, -0.1) is 10.3 Å². The maximum absolute atomic E-state index is 5.66. The molecule has 0 unspecified atom stereocenters. The quantitative estimate of drug-likeness (QED) is 0.439. The zero-order valence-corrected chi connectivity index (χ0v) is 12.4. The smallest absolute Gasteiger partial charge is 0.182 e. The van der Waals surface area contributed by atoms with E-state index >= 15 is 0 Å². The van der Waals surface area contributed by atoms with Crippen molar-refractivity contribution in [3.05, 3.63) is 22.4 Å². The molecule has 3 radical (unpaired) electrons. The summed E-state index contributed by atoms with van der Waals surface area (Å²) >= 11 is 1.72. The van der Waals surface area contributed by atoms with E-state index in [4.69, 9.17) is 7.98 Å². The normalized spacial score (nSPS) is 10.1. The third-order valence-electron chi connectivity index (χ3n) is 2.05. The van der Waals surface area contributed by atoms with E-state index in [-0.39, 0.29) is 32.7 Å². The first kappa shape index (κ1) is 14.8. The first-order chi connectivity index (χ1) is 6.33. The van der Waals surface area contributed by atoms with Crippen molar-refractivity contribution < 1.29 is 32.7 Å². The minimum Gasteiger partial charge on any atom is -0.354 e. The van der Waals surface area contributed by atoms with Crippen LogP contribution in [0.25, 0.3) is 0 Å². The van der Waals surface area contributed by atoms with Crippen LogP contribution in [0.5, 0.6) is 0 Å². The second-order valence-corrected chi connectivity index (χ2v) is 4.07. The Labute approximate surface area is 118 Å². The van der Waals surface area contributed by atoms with Gasteiger partial charge in [-0.2, -0.15) is 6.07 Å². The van der Waals surface area contributed by atoms with E-state index < -0.39 is 0 Å². The standard InChI is InChI=1S/C10H15BNS.Y/c1-2-12(11)8-4-3-6-10-7-5-9-13-10;/h5,7H,2-4,6,8H2,1H3;/q-1;. The number of hydrogen-bond acceptors (Lipinski definition) is 2. The Kier molecular flexibility index (Phi) is 9.62. The Morgan fingerprint density at radius 1 is 1.50 bits per heavy atom. The first-order valence-corrected chi connectivity index (χ1v) is 5.59. The van der Waals surface area contributed by atoms with Gasteiger partial charge in [0.2, 0.25) is 0 Å². The number of hydrogen-bond donors (Lipinski definition) is 0. The van der Waals surface area contributed by atoms with Gasteiger partial charge in [-0.25, -0.2) is 6.07 Å². The van der Waals surface area contributed by atoms with Crippen LogP contribution < -0.4 is 0 Å². The fourth-order valence-corrected chi connectivity index (χ4v) is 1.85. The number of rotatable bonds is 6. The molecule has 14 heavy (non-hydrogen) atoms. The molecule has 73 valence electrons. The SMILES string of the molecule is [B]N(CC)CCCCc1cc[c-]s1.[Y]. The van der Waals surface area contributed by atoms with Crippen LogP contribution in [0.1, 0.15) is 24.6 Å². The molecule has 1 aromatic heterocycles. The van der Waals surface area contributed by atoms with Crippen molar-refractivity contribution in [1.29, 1.82) is 0 Å². The summed E-state index contributed by atoms with van der Waals surface area (Å²) in [7, 11) is 5.66. The molecule has 1 heterocycles. The number of thiophene rings is 1. The average molecular weight is 281 g/mol. The van der Waals surface area contributed by atoms with Gasteiger partial charge in [-0.3, -0.25) is 0 Å². The second kappa shape index (κ2) is 9.08. The van der Waals surface area contributed by atoms with Crippen molar-refractivity contribution in [2.75, 3.05) is 13.1 Å². The molecule has 0 atom stereocenters. The monoisotopic (exact) mass is 281 g/mol. The summed E-state index contributed by atoms with van der Waals surface area (Å²) in [5.74, 6) is 0. The van der Waals surface area contributed by atoms with Crippen LogP contribution in [-0.4, -0.2) is 25.9 Å². The zero-order valence-electron chi connectivity index (χ0n) is 8.70. The molecule has 0 bridgehead atoms. The van der Waals surface area contributed by atoms with Gasteiger partial charge in [0.25, 0.3) is 0 Å². The second-order valence-electron chi connectivity index (χ2n) is 3.11. The maximum Gasteiger partial charge on any atom is 0.182 e. The molecule has 0 N–H and O–H groups in total. The van der Waals surface area contributed by atoms with Crippen molar-refractivity contribution in [2.45, 2.75) is 26.2 Å². The van der Waals surface area contributed by atoms with Gasteiger partial charge >= 0.3 is 0 Å². The molecule has 0 fully saturated rings. The first-order valence-electron chi connectivity index (χ1n) is 4.77. The van der Waals surface area contributed by atoms with Crippen molar-refractivity contribution in [3.8, 4) is 0 Å². The van der Waals surface area contributed by atoms with Gasteiger partial charge in [0.05, 0.1) is 0 Å². The molecule has 0 aliphatic carbocycles. The molecule has 1 nitrogen and oxygen atoms in total. The molecule has 0 aromatic carbocycles. The van der Waals surface area contributed by atoms with E-state index in [2.05, 4.69) is 18.4 Å². The third-order valence-corrected chi connectivity index (χ3v) is 2.91. The Bertz CT molecular complexity index is 216. The molecule has 0 saturated carbocycles. The van der Waals surface area contributed by atoms with Crippen LogP contribution in [0, 0.1) is 5.38 Å². The van der Waals surface area contributed by atoms with Crippen LogP contribution in [-0.2, 0) is 39.1 Å². The predicted octanol–water partition coefficient (Wildman–Crippen LogP) is 2.27. The number of aryl methyl sites for hydroxylation is 1. The zero-order chi connectivity index (χ0) is 9.52. The van der Waals surface area contributed by atoms with E-state index in [9.17, 15) is 0 Å². The molecule has 0 spiro atoms. The molecule has 4 heteroatoms. The van der Waals surface area contributed by atoms with Gasteiger partial charge in [0, 0.05) is 32.7 Å². The maximum atomic E-state index is 5.66. The van der Waals surface area contributed by atoms with Crippen molar-refractivity contribution in [3.63, 3.8) is 0 Å². The fraction of sp³-hybridized carbons (Fsp3) is 0.600. The van der Waals surface area contributed by atoms with Crippen molar-refractivity contribution in [1.82, 2.24) is 4.81 Å². The van der Waals surface area contributed by atoms with Crippen LogP contribution in [0.15, 0.2) is 12.1 Å². The molecule has 1 rings (SSSR count). The van der Waals surface area contributed by atoms with Gasteiger partial charge in [0.15, 0.2) is 7.98 Å². The Hall–Kier alpha value is 0.829. The van der Waals surface area contributed by atoms with E-state index in [0.717, 1.165) is 13.1 Å². The summed E-state index contributed by atoms with van der Waals surface area (Å²) in [4.78, 5) is 3.29. The minimum atomic E-state index is 0. The molecular formula is C10H15BNSY-. The van der Waals surface area contributed by atoms with Crippen LogP contribution in [0.2, 0.25) is 0 Å². The van der Waals surface area contributed by atoms with Gasteiger partial charge < -0.3 is 16.1 Å². The van der Waals surface area contributed by atoms with Crippen LogP contribution in [0.4, 0.5) is 0 Å². The average Bonchev–Trinajstić information content (AvgIpc) is 2.64. The molecule has 0 amide bonds.